The molecule has 2 aromatic rings. The Balaban J connectivity index is 2.80. The molecule has 0 atom stereocenters. The summed E-state index contributed by atoms with van der Waals surface area (Å²) < 4.78 is 1.86. The Labute approximate surface area is 69.5 Å². The Morgan fingerprint density at radius 1 is 1.58 bits per heavy atom. The third-order valence-electron chi connectivity index (χ3n) is 1.75. The maximum atomic E-state index is 8.97. The van der Waals surface area contributed by atoms with E-state index in [1.54, 1.807) is 12.5 Å². The van der Waals surface area contributed by atoms with E-state index in [2.05, 4.69) is 9.97 Å². The highest BCUT2D eigenvalue weighted by Crippen LogP contribution is 2.08. The van der Waals surface area contributed by atoms with Gasteiger partial charge in [-0.05, 0) is 6.92 Å². The van der Waals surface area contributed by atoms with Crippen LogP contribution in [0.2, 0.25) is 0 Å². The van der Waals surface area contributed by atoms with Crippen LogP contribution in [0.4, 0.5) is 0 Å². The molecule has 0 amide bonds. The van der Waals surface area contributed by atoms with Gasteiger partial charge in [-0.2, -0.15) is 0 Å². The van der Waals surface area contributed by atoms with E-state index in [-0.39, 0.29) is 6.61 Å². The minimum Gasteiger partial charge on any atom is -0.390 e. The van der Waals surface area contributed by atoms with Crippen LogP contribution in [-0.4, -0.2) is 19.5 Å². The lowest BCUT2D eigenvalue weighted by atomic mass is 10.3. The second-order valence-corrected chi connectivity index (χ2v) is 2.67. The molecule has 0 unspecified atom stereocenters. The van der Waals surface area contributed by atoms with E-state index >= 15 is 0 Å². The van der Waals surface area contributed by atoms with Gasteiger partial charge in [-0.25, -0.2) is 4.98 Å². The first-order chi connectivity index (χ1) is 5.81. The zero-order chi connectivity index (χ0) is 8.55. The van der Waals surface area contributed by atoms with Gasteiger partial charge in [-0.3, -0.25) is 4.98 Å². The normalized spacial score (nSPS) is 10.8. The van der Waals surface area contributed by atoms with Gasteiger partial charge in [-0.1, -0.05) is 0 Å². The standard InChI is InChI=1S/C8H9N3O/c1-6-3-11-5-9-2-8(11)7(4-12)10-6/h2-3,5,12H,4H2,1H3. The van der Waals surface area contributed by atoms with Crippen molar-refractivity contribution in [3.63, 3.8) is 0 Å². The molecule has 0 aliphatic carbocycles. The molecule has 4 heteroatoms. The molecular formula is C8H9N3O. The molecule has 2 aromatic heterocycles. The summed E-state index contributed by atoms with van der Waals surface area (Å²) in [5.41, 5.74) is 2.42. The van der Waals surface area contributed by atoms with Gasteiger partial charge in [0.05, 0.1) is 36.0 Å². The van der Waals surface area contributed by atoms with Gasteiger partial charge in [-0.15, -0.1) is 0 Å². The summed E-state index contributed by atoms with van der Waals surface area (Å²) in [4.78, 5) is 8.14. The van der Waals surface area contributed by atoms with Crippen LogP contribution in [0.1, 0.15) is 11.4 Å². The Morgan fingerprint density at radius 3 is 3.17 bits per heavy atom. The molecule has 0 bridgehead atoms. The number of aromatic nitrogens is 3. The maximum absolute atomic E-state index is 8.97. The van der Waals surface area contributed by atoms with Crippen molar-refractivity contribution in [2.24, 2.45) is 0 Å². The lowest BCUT2D eigenvalue weighted by molar-refractivity contribution is 0.278. The Bertz CT molecular complexity index is 408. The van der Waals surface area contributed by atoms with Crippen LogP contribution in [-0.2, 0) is 6.61 Å². The van der Waals surface area contributed by atoms with Crippen molar-refractivity contribution < 1.29 is 5.11 Å². The number of aryl methyl sites for hydroxylation is 1. The first-order valence-corrected chi connectivity index (χ1v) is 3.70. The molecule has 0 aliphatic rings. The molecule has 0 aromatic carbocycles. The molecular weight excluding hydrogens is 154 g/mol. The van der Waals surface area contributed by atoms with Crippen LogP contribution in [0, 0.1) is 6.92 Å². The largest absolute Gasteiger partial charge is 0.390 e. The topological polar surface area (TPSA) is 50.4 Å². The SMILES string of the molecule is Cc1cn2cncc2c(CO)n1. The molecule has 0 saturated heterocycles. The average molecular weight is 163 g/mol. The van der Waals surface area contributed by atoms with E-state index in [1.807, 2.05) is 17.5 Å². The van der Waals surface area contributed by atoms with Crippen molar-refractivity contribution in [2.45, 2.75) is 13.5 Å². The maximum Gasteiger partial charge on any atom is 0.0993 e. The quantitative estimate of drug-likeness (QED) is 0.667. The van der Waals surface area contributed by atoms with Gasteiger partial charge in [0.1, 0.15) is 0 Å². The summed E-state index contributed by atoms with van der Waals surface area (Å²) in [6.45, 7) is 1.84. The van der Waals surface area contributed by atoms with Crippen molar-refractivity contribution >= 4 is 5.52 Å². The number of nitrogens with zero attached hydrogens (tertiary/aromatic N) is 3. The molecule has 0 saturated carbocycles. The van der Waals surface area contributed by atoms with Gasteiger partial charge < -0.3 is 9.51 Å². The summed E-state index contributed by atoms with van der Waals surface area (Å²) in [5, 5.41) is 8.97. The Kier molecular flexibility index (Phi) is 1.55. The second-order valence-electron chi connectivity index (χ2n) is 2.67. The molecule has 4 nitrogen and oxygen atoms in total. The van der Waals surface area contributed by atoms with Gasteiger partial charge in [0.2, 0.25) is 0 Å². The van der Waals surface area contributed by atoms with Crippen molar-refractivity contribution in [1.29, 1.82) is 0 Å². The number of hydrogen-bond acceptors (Lipinski definition) is 3. The Morgan fingerprint density at radius 2 is 2.42 bits per heavy atom. The zero-order valence-corrected chi connectivity index (χ0v) is 6.73. The summed E-state index contributed by atoms with van der Waals surface area (Å²) in [6.07, 6.45) is 5.27. The minimum absolute atomic E-state index is 0.0448. The molecule has 0 radical (unpaired) electrons. The van der Waals surface area contributed by atoms with E-state index in [1.165, 1.54) is 0 Å². The summed E-state index contributed by atoms with van der Waals surface area (Å²) >= 11 is 0. The molecule has 0 aliphatic heterocycles. The van der Waals surface area contributed by atoms with Crippen LogP contribution >= 0.6 is 0 Å². The molecule has 0 fully saturated rings. The van der Waals surface area contributed by atoms with Gasteiger partial charge in [0.15, 0.2) is 0 Å². The number of hydrogen-bond donors (Lipinski definition) is 1. The van der Waals surface area contributed by atoms with Gasteiger partial charge in [0.25, 0.3) is 0 Å². The van der Waals surface area contributed by atoms with Crippen molar-refractivity contribution in [3.8, 4) is 0 Å². The highest BCUT2D eigenvalue weighted by atomic mass is 16.3. The van der Waals surface area contributed by atoms with E-state index in [4.69, 9.17) is 5.11 Å². The minimum atomic E-state index is -0.0448. The fourth-order valence-electron chi connectivity index (χ4n) is 1.25. The molecule has 2 heterocycles. The summed E-state index contributed by atoms with van der Waals surface area (Å²) in [5.74, 6) is 0. The Hall–Kier alpha value is -1.42. The lowest BCUT2D eigenvalue weighted by Crippen LogP contribution is -1.97. The summed E-state index contributed by atoms with van der Waals surface area (Å²) in [6, 6.07) is 0. The highest BCUT2D eigenvalue weighted by molar-refractivity contribution is 5.49. The first kappa shape index (κ1) is 7.24. The second kappa shape index (κ2) is 2.57. The monoisotopic (exact) mass is 163 g/mol. The molecule has 1 N–H and O–H groups in total. The lowest BCUT2D eigenvalue weighted by Gasteiger charge is -2.00. The highest BCUT2D eigenvalue weighted by Gasteiger charge is 2.02. The van der Waals surface area contributed by atoms with Gasteiger partial charge >= 0.3 is 0 Å². The van der Waals surface area contributed by atoms with E-state index in [0.717, 1.165) is 11.2 Å². The predicted octanol–water partition coefficient (Wildman–Crippen LogP) is 0.530. The van der Waals surface area contributed by atoms with Crippen LogP contribution in [0.15, 0.2) is 18.7 Å². The van der Waals surface area contributed by atoms with Crippen molar-refractivity contribution in [3.05, 3.63) is 30.1 Å². The van der Waals surface area contributed by atoms with Gasteiger partial charge in [0, 0.05) is 6.20 Å². The zero-order valence-electron chi connectivity index (χ0n) is 6.73. The number of aliphatic hydroxyl groups excluding tert-OH is 1. The number of fused-ring (bicyclic) bond motifs is 1. The van der Waals surface area contributed by atoms with Crippen molar-refractivity contribution in [1.82, 2.24) is 14.4 Å². The van der Waals surface area contributed by atoms with E-state index in [9.17, 15) is 0 Å². The average Bonchev–Trinajstić information content (AvgIpc) is 2.50. The van der Waals surface area contributed by atoms with Crippen LogP contribution in [0.25, 0.3) is 5.52 Å². The fraction of sp³-hybridized carbons (Fsp3) is 0.250. The molecule has 12 heavy (non-hydrogen) atoms. The van der Waals surface area contributed by atoms with Crippen LogP contribution in [0.3, 0.4) is 0 Å². The van der Waals surface area contributed by atoms with E-state index in [0.29, 0.717) is 5.69 Å². The first-order valence-electron chi connectivity index (χ1n) is 3.70. The predicted molar refractivity (Wildman–Crippen MR) is 43.6 cm³/mol. The number of aliphatic hydroxyl groups is 1. The van der Waals surface area contributed by atoms with Crippen LogP contribution < -0.4 is 0 Å². The molecule has 62 valence electrons. The molecule has 0 spiro atoms. The molecule has 2 rings (SSSR count). The third-order valence-corrected chi connectivity index (χ3v) is 1.75. The summed E-state index contributed by atoms with van der Waals surface area (Å²) in [7, 11) is 0. The number of imidazole rings is 1. The van der Waals surface area contributed by atoms with E-state index < -0.39 is 0 Å². The van der Waals surface area contributed by atoms with Crippen LogP contribution in [0.5, 0.6) is 0 Å². The fourth-order valence-corrected chi connectivity index (χ4v) is 1.25. The van der Waals surface area contributed by atoms with Crippen molar-refractivity contribution in [2.75, 3.05) is 0 Å². The smallest absolute Gasteiger partial charge is 0.0993 e. The third kappa shape index (κ3) is 0.967. The number of rotatable bonds is 1.